The second kappa shape index (κ2) is 22.0. The molecule has 4 bridgehead atoms. The number of benzene rings is 3. The van der Waals surface area contributed by atoms with E-state index in [1.807, 2.05) is 32.0 Å². The van der Waals surface area contributed by atoms with Gasteiger partial charge >= 0.3 is 0 Å². The van der Waals surface area contributed by atoms with E-state index in [2.05, 4.69) is 37.4 Å². The molecule has 1 aliphatic carbocycles. The number of amides is 2. The first-order valence-corrected chi connectivity index (χ1v) is 23.3. The van der Waals surface area contributed by atoms with Gasteiger partial charge in [0.1, 0.15) is 30.8 Å². The fourth-order valence-electron chi connectivity index (χ4n) is 9.57. The molecule has 2 heterocycles. The van der Waals surface area contributed by atoms with Crippen molar-refractivity contribution in [3.05, 3.63) is 99.7 Å². The lowest BCUT2D eigenvalue weighted by Gasteiger charge is -2.32. The number of aryl methyl sites for hydroxylation is 3. The van der Waals surface area contributed by atoms with Gasteiger partial charge in [-0.2, -0.15) is 5.26 Å². The van der Waals surface area contributed by atoms with E-state index in [0.717, 1.165) is 29.7 Å². The zero-order chi connectivity index (χ0) is 48.6. The van der Waals surface area contributed by atoms with Crippen LogP contribution in [0.15, 0.2) is 60.7 Å². The molecule has 0 saturated carbocycles. The Hall–Kier alpha value is -6.27. The molecule has 0 fully saturated rings. The van der Waals surface area contributed by atoms with E-state index < -0.39 is 41.5 Å². The molecule has 0 unspecified atom stereocenters. The summed E-state index contributed by atoms with van der Waals surface area (Å²) in [5.74, 6) is -2.98. The lowest BCUT2D eigenvalue weighted by atomic mass is 9.86. The van der Waals surface area contributed by atoms with Crippen LogP contribution in [0.25, 0.3) is 22.4 Å². The summed E-state index contributed by atoms with van der Waals surface area (Å²) in [4.78, 5) is 77.6. The van der Waals surface area contributed by atoms with Gasteiger partial charge in [-0.15, -0.1) is 0 Å². The van der Waals surface area contributed by atoms with Crippen LogP contribution < -0.4 is 32.0 Å². The van der Waals surface area contributed by atoms with Gasteiger partial charge in [0.15, 0.2) is 17.3 Å². The number of carbonyl (C=O) groups excluding carboxylic acids is 5. The number of rotatable bonds is 17. The summed E-state index contributed by atoms with van der Waals surface area (Å²) in [5, 5.41) is 12.1. The maximum Gasteiger partial charge on any atom is 0.226 e. The molecule has 14 nitrogen and oxygen atoms in total. The number of ketones is 3. The number of fused-ring (bicyclic) bond motifs is 6. The van der Waals surface area contributed by atoms with Crippen molar-refractivity contribution in [3.8, 4) is 40.0 Å². The number of pyridine rings is 1. The summed E-state index contributed by atoms with van der Waals surface area (Å²) in [5.41, 5.74) is 26.3. The highest BCUT2D eigenvalue weighted by Gasteiger charge is 2.37. The number of likely N-dealkylation sites (N-methyl/N-ethyl adjacent to an activating group) is 1. The van der Waals surface area contributed by atoms with E-state index >= 15 is 0 Å². The Morgan fingerprint density at radius 1 is 0.925 bits per heavy atom. The van der Waals surface area contributed by atoms with Gasteiger partial charge in [-0.25, -0.2) is 0 Å². The zero-order valence-corrected chi connectivity index (χ0v) is 39.7. The first-order chi connectivity index (χ1) is 32.0. The Bertz CT molecular complexity index is 2540. The minimum Gasteiger partial charge on any atom is -0.492 e. The van der Waals surface area contributed by atoms with Crippen LogP contribution in [0, 0.1) is 37.0 Å². The van der Waals surface area contributed by atoms with Crippen molar-refractivity contribution < 1.29 is 33.4 Å². The fraction of sp³-hybridized carbons (Fsp3) is 0.453. The molecule has 6 rings (SSSR count). The molecule has 1 aliphatic heterocycles. The summed E-state index contributed by atoms with van der Waals surface area (Å²) >= 11 is 0. The highest BCUT2D eigenvalue weighted by Crippen LogP contribution is 2.42. The number of nitrogens with two attached hydrogens (primary N) is 3. The SMILES string of the molecule is Cc1cc(-c2ccc3c(c2)CCC3(C)C)nc(C)c1C(=O)C[C@@H](CCN)C(=O)N(C)[C@@H]1C(=O)C[C@@H](C)C(=O)N[C@H](C(=O)CCC#N)Cc2ccc(OCCN)c(c2)-c2cc1ccc2OCCN. The molecule has 0 radical (unpaired) electrons. The molecule has 67 heavy (non-hydrogen) atoms. The van der Waals surface area contributed by atoms with Gasteiger partial charge in [0.25, 0.3) is 0 Å². The monoisotopic (exact) mass is 911 g/mol. The highest BCUT2D eigenvalue weighted by molar-refractivity contribution is 6.02. The summed E-state index contributed by atoms with van der Waals surface area (Å²) < 4.78 is 12.3. The summed E-state index contributed by atoms with van der Waals surface area (Å²) in [6.07, 6.45) is 1.78. The Balaban J connectivity index is 1.38. The van der Waals surface area contributed by atoms with Crippen LogP contribution in [-0.2, 0) is 37.4 Å². The van der Waals surface area contributed by atoms with Gasteiger partial charge in [-0.1, -0.05) is 45.0 Å². The molecule has 7 N–H and O–H groups in total. The van der Waals surface area contributed by atoms with E-state index in [-0.39, 0.29) is 88.4 Å². The van der Waals surface area contributed by atoms with Crippen LogP contribution in [0.3, 0.4) is 0 Å². The molecule has 2 aliphatic rings. The topological polar surface area (TPSA) is 234 Å². The third kappa shape index (κ3) is 11.5. The maximum absolute atomic E-state index is 14.9. The molecular formula is C53H65N7O7. The molecule has 3 aromatic carbocycles. The number of Topliss-reactive ketones (excluding diaryl/α,β-unsaturated/α-hetero) is 3. The molecule has 1 aromatic heterocycles. The van der Waals surface area contributed by atoms with Crippen LogP contribution in [0.2, 0.25) is 0 Å². The number of aromatic nitrogens is 1. The minimum atomic E-state index is -1.23. The number of nitrogens with one attached hydrogen (secondary N) is 1. The molecule has 4 atom stereocenters. The molecule has 0 spiro atoms. The summed E-state index contributed by atoms with van der Waals surface area (Å²) in [7, 11) is 1.52. The van der Waals surface area contributed by atoms with Gasteiger partial charge in [-0.3, -0.25) is 29.0 Å². The number of hydrogen-bond donors (Lipinski definition) is 4. The lowest BCUT2D eigenvalue weighted by molar-refractivity contribution is -0.142. The maximum atomic E-state index is 14.9. The van der Waals surface area contributed by atoms with Crippen LogP contribution in [0.1, 0.15) is 109 Å². The highest BCUT2D eigenvalue weighted by atomic mass is 16.5. The smallest absolute Gasteiger partial charge is 0.226 e. The Morgan fingerprint density at radius 2 is 1.61 bits per heavy atom. The van der Waals surface area contributed by atoms with Crippen molar-refractivity contribution in [2.45, 2.75) is 103 Å². The third-order valence-corrected chi connectivity index (χ3v) is 13.1. The third-order valence-electron chi connectivity index (χ3n) is 13.1. The number of hydrogen-bond acceptors (Lipinski definition) is 12. The van der Waals surface area contributed by atoms with Crippen molar-refractivity contribution in [3.63, 3.8) is 0 Å². The quantitative estimate of drug-likeness (QED) is 0.0871. The first kappa shape index (κ1) is 50.1. The number of nitrogens with zero attached hydrogens (tertiary/aromatic N) is 3. The average Bonchev–Trinajstić information content (AvgIpc) is 3.61. The molecule has 2 amide bonds. The summed E-state index contributed by atoms with van der Waals surface area (Å²) in [6, 6.07) is 18.7. The van der Waals surface area contributed by atoms with E-state index in [1.165, 1.54) is 23.1 Å². The van der Waals surface area contributed by atoms with E-state index in [1.54, 1.807) is 37.3 Å². The van der Waals surface area contributed by atoms with Crippen LogP contribution in [0.4, 0.5) is 0 Å². The molecule has 0 saturated heterocycles. The minimum absolute atomic E-state index is 0.0272. The number of ether oxygens (including phenoxy) is 2. The van der Waals surface area contributed by atoms with Gasteiger partial charge in [-0.05, 0) is 116 Å². The first-order valence-electron chi connectivity index (χ1n) is 23.3. The van der Waals surface area contributed by atoms with Crippen molar-refractivity contribution in [1.29, 1.82) is 5.26 Å². The Kier molecular flexibility index (Phi) is 16.5. The largest absolute Gasteiger partial charge is 0.492 e. The Morgan fingerprint density at radius 3 is 2.27 bits per heavy atom. The lowest BCUT2D eigenvalue weighted by Crippen LogP contribution is -2.46. The Labute approximate surface area is 394 Å². The van der Waals surface area contributed by atoms with Gasteiger partial charge in [0, 0.05) is 85.6 Å². The van der Waals surface area contributed by atoms with E-state index in [4.69, 9.17) is 31.7 Å². The van der Waals surface area contributed by atoms with Crippen molar-refractivity contribution in [1.82, 2.24) is 15.2 Å². The normalized spacial score (nSPS) is 18.2. The van der Waals surface area contributed by atoms with Gasteiger partial charge < -0.3 is 36.9 Å². The fourth-order valence-corrected chi connectivity index (χ4v) is 9.57. The van der Waals surface area contributed by atoms with E-state index in [0.29, 0.717) is 45.0 Å². The molecule has 4 aromatic rings. The molecular weight excluding hydrogens is 847 g/mol. The van der Waals surface area contributed by atoms with E-state index in [9.17, 15) is 29.2 Å². The van der Waals surface area contributed by atoms with Crippen LogP contribution in [0.5, 0.6) is 11.5 Å². The predicted molar refractivity (Wildman–Crippen MR) is 257 cm³/mol. The average molecular weight is 912 g/mol. The molecule has 14 heteroatoms. The predicted octanol–water partition coefficient (Wildman–Crippen LogP) is 6.18. The van der Waals surface area contributed by atoms with Crippen LogP contribution >= 0.6 is 0 Å². The standard InChI is InChI=1S/C53H65N7O7/c1-31-24-42(36-10-12-41-35(28-36)15-17-53(41,4)5)58-33(3)49(31)45(62)30-38(16-19-55)52(65)60(6)50-37-11-14-48(67-23-21-57)40(29-37)39-26-34(9-13-47(39)66-22-20-56)27-43(44(61)8-7-18-54)59-51(64)32(2)25-46(50)63/h9-14,24,26,28-29,32,38,43,50H,7-8,15-17,19-23,25,27,30,55-57H2,1-6H3,(H,59,64)/t32-,38-,43+,50+/m1/s1. The number of nitriles is 1. The van der Waals surface area contributed by atoms with Crippen molar-refractivity contribution in [2.24, 2.45) is 29.0 Å². The zero-order valence-electron chi connectivity index (χ0n) is 39.7. The second-order valence-electron chi connectivity index (χ2n) is 18.6. The second-order valence-corrected chi connectivity index (χ2v) is 18.6. The van der Waals surface area contributed by atoms with Gasteiger partial charge in [0.05, 0.1) is 17.8 Å². The van der Waals surface area contributed by atoms with Crippen LogP contribution in [-0.4, -0.2) is 85.0 Å². The molecule has 354 valence electrons. The summed E-state index contributed by atoms with van der Waals surface area (Å²) in [6.45, 7) is 10.7. The van der Waals surface area contributed by atoms with Crippen molar-refractivity contribution in [2.75, 3.05) is 39.9 Å². The number of carbonyl (C=O) groups is 5. The van der Waals surface area contributed by atoms with Gasteiger partial charge in [0.2, 0.25) is 11.8 Å². The van der Waals surface area contributed by atoms with Crippen molar-refractivity contribution >= 4 is 29.2 Å².